The molecule has 0 aliphatic heterocycles. The zero-order valence-electron chi connectivity index (χ0n) is 14.9. The molecule has 12 nitrogen and oxygen atoms in total. The first-order valence-corrected chi connectivity index (χ1v) is 8.01. The number of phenolic OH excluding ortho intramolecular Hbond substituents is 1. The number of phenols is 1. The van der Waals surface area contributed by atoms with E-state index in [0.717, 1.165) is 12.1 Å². The highest BCUT2D eigenvalue weighted by molar-refractivity contribution is 5.82. The number of amides is 1. The van der Waals surface area contributed by atoms with Crippen molar-refractivity contribution < 1.29 is 34.4 Å². The lowest BCUT2D eigenvalue weighted by Gasteiger charge is -2.13. The summed E-state index contributed by atoms with van der Waals surface area (Å²) < 4.78 is 5.38. The van der Waals surface area contributed by atoms with Crippen LogP contribution in [-0.2, 0) is 16.0 Å². The van der Waals surface area contributed by atoms with E-state index >= 15 is 0 Å². The van der Waals surface area contributed by atoms with Gasteiger partial charge in [0.15, 0.2) is 0 Å². The first-order valence-electron chi connectivity index (χ1n) is 8.01. The third-order valence-electron chi connectivity index (χ3n) is 3.71. The molecule has 2 aromatic carbocycles. The van der Waals surface area contributed by atoms with Crippen molar-refractivity contribution >= 4 is 23.3 Å². The highest BCUT2D eigenvalue weighted by atomic mass is 16.6. The molecule has 1 amide bonds. The summed E-state index contributed by atoms with van der Waals surface area (Å²) in [6.07, 6.45) is 0.00530. The van der Waals surface area contributed by atoms with Gasteiger partial charge in [0.2, 0.25) is 5.91 Å². The van der Waals surface area contributed by atoms with Gasteiger partial charge in [0, 0.05) is 13.3 Å². The monoisotopic (exact) mass is 405 g/mol. The number of aliphatic carboxylic acids is 1. The van der Waals surface area contributed by atoms with Gasteiger partial charge in [-0.3, -0.25) is 25.0 Å². The summed E-state index contributed by atoms with van der Waals surface area (Å²) in [4.78, 5) is 42.2. The van der Waals surface area contributed by atoms with Gasteiger partial charge < -0.3 is 20.3 Å². The first kappa shape index (κ1) is 21.1. The van der Waals surface area contributed by atoms with Crippen LogP contribution in [0.2, 0.25) is 0 Å². The fourth-order valence-corrected chi connectivity index (χ4v) is 2.43. The van der Waals surface area contributed by atoms with Gasteiger partial charge >= 0.3 is 17.3 Å². The Morgan fingerprint density at radius 1 is 1.07 bits per heavy atom. The molecule has 0 unspecified atom stereocenters. The fourth-order valence-electron chi connectivity index (χ4n) is 2.43. The van der Waals surface area contributed by atoms with E-state index in [1.807, 2.05) is 0 Å². The Morgan fingerprint density at radius 3 is 2.00 bits per heavy atom. The summed E-state index contributed by atoms with van der Waals surface area (Å²) in [6, 6.07) is 6.42. The predicted octanol–water partition coefficient (Wildman–Crippen LogP) is 2.13. The minimum atomic E-state index is -1.20. The van der Waals surface area contributed by atoms with Crippen molar-refractivity contribution in [1.29, 1.82) is 0 Å². The molecule has 0 radical (unpaired) electrons. The second kappa shape index (κ2) is 8.65. The lowest BCUT2D eigenvalue weighted by Crippen LogP contribution is -2.41. The average molecular weight is 405 g/mol. The van der Waals surface area contributed by atoms with Crippen LogP contribution < -0.4 is 10.1 Å². The van der Waals surface area contributed by atoms with Crippen LogP contribution in [0.25, 0.3) is 0 Å². The van der Waals surface area contributed by atoms with Gasteiger partial charge in [-0.1, -0.05) is 12.1 Å². The summed E-state index contributed by atoms with van der Waals surface area (Å²) in [6.45, 7) is 1.20. The fraction of sp³-hybridized carbons (Fsp3) is 0.176. The molecule has 0 aliphatic carbocycles. The van der Waals surface area contributed by atoms with Gasteiger partial charge in [0.05, 0.1) is 22.0 Å². The zero-order chi connectivity index (χ0) is 21.7. The largest absolute Gasteiger partial charge is 0.497 e. The minimum Gasteiger partial charge on any atom is -0.497 e. The number of rotatable bonds is 8. The number of nitro groups is 2. The zero-order valence-corrected chi connectivity index (χ0v) is 14.9. The second-order valence-corrected chi connectivity index (χ2v) is 5.87. The number of aromatic hydroxyl groups is 1. The van der Waals surface area contributed by atoms with Crippen LogP contribution in [0, 0.1) is 20.2 Å². The van der Waals surface area contributed by atoms with Crippen LogP contribution in [0.5, 0.6) is 17.2 Å². The number of nitrogens with zero attached hydrogens (tertiary/aromatic N) is 2. The Morgan fingerprint density at radius 2 is 1.59 bits per heavy atom. The third-order valence-corrected chi connectivity index (χ3v) is 3.71. The maximum absolute atomic E-state index is 11.2. The number of carboxylic acids is 1. The Hall–Kier alpha value is -4.22. The summed E-state index contributed by atoms with van der Waals surface area (Å²) in [5.41, 5.74) is -1.21. The number of ether oxygens (including phenoxy) is 1. The normalized spacial score (nSPS) is 11.3. The maximum Gasteiger partial charge on any atom is 0.326 e. The molecular weight excluding hydrogens is 390 g/mol. The van der Waals surface area contributed by atoms with Crippen LogP contribution >= 0.6 is 0 Å². The van der Waals surface area contributed by atoms with E-state index in [0.29, 0.717) is 5.56 Å². The van der Waals surface area contributed by atoms with E-state index in [9.17, 15) is 34.9 Å². The minimum absolute atomic E-state index is 0.00530. The van der Waals surface area contributed by atoms with Crippen molar-refractivity contribution in [2.45, 2.75) is 19.4 Å². The highest BCUT2D eigenvalue weighted by Gasteiger charge is 2.27. The molecule has 0 heterocycles. The molecule has 0 bridgehead atoms. The highest BCUT2D eigenvalue weighted by Crippen LogP contribution is 2.40. The number of carboxylic acid groups (broad SMARTS) is 1. The van der Waals surface area contributed by atoms with Gasteiger partial charge in [-0.2, -0.15) is 0 Å². The Labute approximate surface area is 162 Å². The molecule has 12 heteroatoms. The van der Waals surface area contributed by atoms with Crippen LogP contribution in [0.1, 0.15) is 12.5 Å². The van der Waals surface area contributed by atoms with Crippen LogP contribution in [0.3, 0.4) is 0 Å². The van der Waals surface area contributed by atoms with Gasteiger partial charge in [-0.15, -0.1) is 0 Å². The standard InChI is InChI=1S/C17H15N3O9/c1-9(21)18-13(17(23)24)6-10-2-4-11(5-3-10)29-12-7-14(19(25)26)16(22)15(8-12)20(27)28/h2-5,7-8,13,22H,6H2,1H3,(H,18,21)(H,23,24)/t13-/m0/s1. The lowest BCUT2D eigenvalue weighted by atomic mass is 10.1. The molecule has 152 valence electrons. The number of carbonyl (C=O) groups excluding carboxylic acids is 1. The molecule has 0 spiro atoms. The van der Waals surface area contributed by atoms with Crippen molar-refractivity contribution in [2.75, 3.05) is 0 Å². The summed E-state index contributed by atoms with van der Waals surface area (Å²) in [7, 11) is 0. The van der Waals surface area contributed by atoms with E-state index in [1.54, 1.807) is 0 Å². The van der Waals surface area contributed by atoms with E-state index in [2.05, 4.69) is 5.32 Å². The Kier molecular flexibility index (Phi) is 6.29. The van der Waals surface area contributed by atoms with Crippen molar-refractivity contribution in [1.82, 2.24) is 5.32 Å². The smallest absolute Gasteiger partial charge is 0.326 e. The maximum atomic E-state index is 11.2. The molecule has 0 aromatic heterocycles. The molecule has 29 heavy (non-hydrogen) atoms. The molecular formula is C17H15N3O9. The van der Waals surface area contributed by atoms with Crippen molar-refractivity contribution in [3.63, 3.8) is 0 Å². The number of hydrogen-bond donors (Lipinski definition) is 3. The van der Waals surface area contributed by atoms with Gasteiger partial charge in [-0.05, 0) is 17.7 Å². The Bertz CT molecular complexity index is 938. The lowest BCUT2D eigenvalue weighted by molar-refractivity contribution is -0.396. The van der Waals surface area contributed by atoms with E-state index in [-0.39, 0.29) is 17.9 Å². The average Bonchev–Trinajstić information content (AvgIpc) is 2.63. The first-order chi connectivity index (χ1) is 13.6. The number of benzene rings is 2. The molecule has 0 saturated carbocycles. The number of nitro benzene ring substituents is 2. The Balaban J connectivity index is 2.23. The van der Waals surface area contributed by atoms with Gasteiger partial charge in [-0.25, -0.2) is 4.79 Å². The molecule has 0 fully saturated rings. The second-order valence-electron chi connectivity index (χ2n) is 5.87. The molecule has 0 aliphatic rings. The van der Waals surface area contributed by atoms with Crippen LogP contribution in [-0.4, -0.2) is 38.0 Å². The van der Waals surface area contributed by atoms with Crippen molar-refractivity contribution in [3.05, 3.63) is 62.2 Å². The topological polar surface area (TPSA) is 182 Å². The van der Waals surface area contributed by atoms with Gasteiger partial charge in [0.1, 0.15) is 17.5 Å². The van der Waals surface area contributed by atoms with E-state index < -0.39 is 44.9 Å². The number of carbonyl (C=O) groups is 2. The summed E-state index contributed by atoms with van der Waals surface area (Å²) in [5.74, 6) is -2.86. The molecule has 1 atom stereocenters. The molecule has 0 saturated heterocycles. The summed E-state index contributed by atoms with van der Waals surface area (Å²) >= 11 is 0. The molecule has 2 aromatic rings. The SMILES string of the molecule is CC(=O)N[C@@H](Cc1ccc(Oc2cc([N+](=O)[O-])c(O)c([N+](=O)[O-])c2)cc1)C(=O)O. The van der Waals surface area contributed by atoms with E-state index in [4.69, 9.17) is 9.84 Å². The quantitative estimate of drug-likeness (QED) is 0.437. The molecule has 3 N–H and O–H groups in total. The number of nitrogens with one attached hydrogen (secondary N) is 1. The van der Waals surface area contributed by atoms with Crippen LogP contribution in [0.4, 0.5) is 11.4 Å². The van der Waals surface area contributed by atoms with Crippen LogP contribution in [0.15, 0.2) is 36.4 Å². The van der Waals surface area contributed by atoms with E-state index in [1.165, 1.54) is 31.2 Å². The predicted molar refractivity (Wildman–Crippen MR) is 96.9 cm³/mol. The van der Waals surface area contributed by atoms with Crippen molar-refractivity contribution in [2.24, 2.45) is 0 Å². The van der Waals surface area contributed by atoms with Gasteiger partial charge in [0.25, 0.3) is 5.75 Å². The summed E-state index contributed by atoms with van der Waals surface area (Å²) in [5, 5.41) is 43.0. The molecule has 2 rings (SSSR count). The van der Waals surface area contributed by atoms with Crippen molar-refractivity contribution in [3.8, 4) is 17.2 Å². The number of hydrogen-bond acceptors (Lipinski definition) is 8. The third kappa shape index (κ3) is 5.38.